The summed E-state index contributed by atoms with van der Waals surface area (Å²) in [6.07, 6.45) is 4.71. The third-order valence-electron chi connectivity index (χ3n) is 7.87. The van der Waals surface area contributed by atoms with Crippen molar-refractivity contribution >= 4 is 12.1 Å². The maximum Gasteiger partial charge on any atom is 1.00 e. The summed E-state index contributed by atoms with van der Waals surface area (Å²) in [7, 11) is 1.66. The smallest absolute Gasteiger partial charge is 0.543 e. The van der Waals surface area contributed by atoms with Crippen molar-refractivity contribution in [3.05, 3.63) is 23.5 Å². The summed E-state index contributed by atoms with van der Waals surface area (Å²) in [6, 6.07) is 0. The first-order valence-corrected chi connectivity index (χ1v) is 12.2. The number of aromatic nitrogens is 3. The van der Waals surface area contributed by atoms with E-state index in [1.165, 1.54) is 10.4 Å². The van der Waals surface area contributed by atoms with Gasteiger partial charge in [-0.25, -0.2) is 4.79 Å². The van der Waals surface area contributed by atoms with Gasteiger partial charge in [-0.15, -0.1) is 0 Å². The number of nitrogens with zero attached hydrogens (tertiary/aromatic N) is 4. The van der Waals surface area contributed by atoms with Crippen LogP contribution in [0, 0.1) is 11.8 Å². The van der Waals surface area contributed by atoms with Crippen LogP contribution < -0.4 is 34.7 Å². The molecule has 4 heterocycles. The number of carbonyl (C=O) groups is 2. The van der Waals surface area contributed by atoms with E-state index in [0.717, 1.165) is 19.0 Å². The molecule has 1 spiro atoms. The summed E-state index contributed by atoms with van der Waals surface area (Å²) < 4.78 is 24.1. The fourth-order valence-electron chi connectivity index (χ4n) is 5.82. The number of ether oxygens (including phenoxy) is 4. The van der Waals surface area contributed by atoms with E-state index in [4.69, 9.17) is 18.9 Å². The van der Waals surface area contributed by atoms with E-state index in [0.29, 0.717) is 32.7 Å². The van der Waals surface area contributed by atoms with E-state index in [9.17, 15) is 14.7 Å². The summed E-state index contributed by atoms with van der Waals surface area (Å²) in [5.41, 5.74) is 0.416. The van der Waals surface area contributed by atoms with Gasteiger partial charge in [-0.1, -0.05) is 11.6 Å². The Balaban J connectivity index is 0.00000304. The molecule has 1 saturated carbocycles. The van der Waals surface area contributed by atoms with E-state index in [2.05, 4.69) is 37.0 Å². The molecule has 4 aliphatic rings. The minimum absolute atomic E-state index is 0. The summed E-state index contributed by atoms with van der Waals surface area (Å²) in [5.74, 6) is -1.25. The zero-order chi connectivity index (χ0) is 25.0. The molecule has 1 amide bonds. The van der Waals surface area contributed by atoms with Crippen molar-refractivity contribution in [3.8, 4) is 0 Å². The third-order valence-corrected chi connectivity index (χ3v) is 7.87. The van der Waals surface area contributed by atoms with Gasteiger partial charge in [0.05, 0.1) is 37.3 Å². The first kappa shape index (κ1) is 27.5. The van der Waals surface area contributed by atoms with Crippen molar-refractivity contribution < 1.29 is 63.2 Å². The van der Waals surface area contributed by atoms with Crippen LogP contribution in [0.15, 0.2) is 17.8 Å². The SMILES string of the molecule is CO[C@@H]1[C@H](OC(=O)N2CC(Cn3ncc(C(=O)[O-])n3)C2)CC[C@]2(CO2)[C@H]1[C@@]1(C)O[C@@H]1CC=C(C)C.[Na+]. The van der Waals surface area contributed by atoms with Gasteiger partial charge in [0.25, 0.3) is 0 Å². The first-order valence-electron chi connectivity index (χ1n) is 12.2. The molecule has 3 aliphatic heterocycles. The van der Waals surface area contributed by atoms with Gasteiger partial charge in [-0.2, -0.15) is 15.0 Å². The van der Waals surface area contributed by atoms with Crippen LogP contribution in [0.1, 0.15) is 50.5 Å². The Morgan fingerprint density at radius 1 is 1.33 bits per heavy atom. The molecule has 192 valence electrons. The molecular formula is C24H33N4NaO7. The summed E-state index contributed by atoms with van der Waals surface area (Å²) in [6.45, 7) is 8.37. The Bertz CT molecular complexity index is 1020. The van der Waals surface area contributed by atoms with Gasteiger partial charge in [-0.05, 0) is 40.0 Å². The van der Waals surface area contributed by atoms with E-state index in [1.54, 1.807) is 12.0 Å². The van der Waals surface area contributed by atoms with Crippen LogP contribution >= 0.6 is 0 Å². The van der Waals surface area contributed by atoms with Gasteiger partial charge in [0.2, 0.25) is 0 Å². The topological polar surface area (TPSA) is 135 Å². The molecular weight excluding hydrogens is 479 g/mol. The first-order chi connectivity index (χ1) is 16.6. The van der Waals surface area contributed by atoms with Gasteiger partial charge >= 0.3 is 35.7 Å². The largest absolute Gasteiger partial charge is 1.00 e. The third kappa shape index (κ3) is 5.23. The molecule has 3 saturated heterocycles. The Morgan fingerprint density at radius 2 is 2.06 bits per heavy atom. The Kier molecular flexibility index (Phi) is 7.91. The molecule has 0 aromatic carbocycles. The van der Waals surface area contributed by atoms with Gasteiger partial charge < -0.3 is 33.7 Å². The molecule has 0 bridgehead atoms. The van der Waals surface area contributed by atoms with Crippen LogP contribution in [0.25, 0.3) is 0 Å². The number of carboxylic acid groups (broad SMARTS) is 1. The van der Waals surface area contributed by atoms with E-state index in [1.807, 2.05) is 0 Å². The number of rotatable bonds is 8. The molecule has 0 N–H and O–H groups in total. The normalized spacial score (nSPS) is 34.9. The van der Waals surface area contributed by atoms with Crippen molar-refractivity contribution in [3.63, 3.8) is 0 Å². The molecule has 6 atom stereocenters. The quantitative estimate of drug-likeness (QED) is 0.216. The van der Waals surface area contributed by atoms with Crippen LogP contribution in [-0.2, 0) is 25.5 Å². The number of aromatic carboxylic acids is 1. The maximum absolute atomic E-state index is 12.9. The zero-order valence-electron chi connectivity index (χ0n) is 21.6. The van der Waals surface area contributed by atoms with Gasteiger partial charge in [0, 0.05) is 26.1 Å². The number of likely N-dealkylation sites (tertiary alicyclic amines) is 1. The summed E-state index contributed by atoms with van der Waals surface area (Å²) in [4.78, 5) is 26.7. The Morgan fingerprint density at radius 3 is 2.64 bits per heavy atom. The standard InChI is InChI=1S/C24H34N4O7.Na/c1-14(2)5-6-18-23(3,35-18)20-19(32-4)17(7-8-24(20)13-33-24)34-22(31)27-10-15(11-27)12-28-25-9-16(26-28)21(29)30;/h5,9,15,17-20H,6-8,10-13H2,1-4H3,(H,29,30);/q;+1/p-1/t17-,18-,19-,20-,23+,24+;/m1./s1. The molecule has 1 aromatic rings. The molecule has 36 heavy (non-hydrogen) atoms. The number of methoxy groups -OCH3 is 1. The fourth-order valence-corrected chi connectivity index (χ4v) is 5.82. The molecule has 1 aliphatic carbocycles. The summed E-state index contributed by atoms with van der Waals surface area (Å²) >= 11 is 0. The van der Waals surface area contributed by atoms with Gasteiger partial charge in [0.15, 0.2) is 0 Å². The predicted molar refractivity (Wildman–Crippen MR) is 119 cm³/mol. The average molecular weight is 513 g/mol. The Hall–Kier alpha value is -1.50. The average Bonchev–Trinajstić information content (AvgIpc) is 3.63. The number of carbonyl (C=O) groups excluding carboxylic acids is 2. The van der Waals surface area contributed by atoms with Crippen LogP contribution in [0.2, 0.25) is 0 Å². The van der Waals surface area contributed by atoms with Crippen LogP contribution in [0.4, 0.5) is 4.79 Å². The molecule has 5 rings (SSSR count). The van der Waals surface area contributed by atoms with E-state index < -0.39 is 5.97 Å². The number of hydrogen-bond donors (Lipinski definition) is 0. The monoisotopic (exact) mass is 512 g/mol. The molecule has 4 fully saturated rings. The Labute approximate surface area is 232 Å². The summed E-state index contributed by atoms with van der Waals surface area (Å²) in [5, 5.41) is 18.7. The maximum atomic E-state index is 12.9. The molecule has 12 heteroatoms. The van der Waals surface area contributed by atoms with Gasteiger partial charge in [0.1, 0.15) is 29.1 Å². The number of epoxide rings is 2. The zero-order valence-corrected chi connectivity index (χ0v) is 23.6. The molecule has 11 nitrogen and oxygen atoms in total. The fraction of sp³-hybridized carbons (Fsp3) is 0.750. The van der Waals surface area contributed by atoms with Crippen molar-refractivity contribution in [1.82, 2.24) is 19.9 Å². The van der Waals surface area contributed by atoms with Crippen LogP contribution in [0.3, 0.4) is 0 Å². The minimum Gasteiger partial charge on any atom is -0.543 e. The number of allylic oxidation sites excluding steroid dienone is 1. The predicted octanol–water partition coefficient (Wildman–Crippen LogP) is -2.21. The van der Waals surface area contributed by atoms with Crippen molar-refractivity contribution in [2.24, 2.45) is 11.8 Å². The number of amides is 1. The second-order valence-corrected chi connectivity index (χ2v) is 10.6. The number of hydrogen-bond acceptors (Lipinski definition) is 9. The number of carboxylic acids is 1. The minimum atomic E-state index is -1.36. The van der Waals surface area contributed by atoms with Crippen LogP contribution in [-0.4, -0.2) is 88.3 Å². The van der Waals surface area contributed by atoms with Crippen LogP contribution in [0.5, 0.6) is 0 Å². The molecule has 0 unspecified atom stereocenters. The van der Waals surface area contributed by atoms with Crippen molar-refractivity contribution in [2.75, 3.05) is 26.8 Å². The molecule has 0 radical (unpaired) electrons. The van der Waals surface area contributed by atoms with Crippen molar-refractivity contribution in [1.29, 1.82) is 0 Å². The van der Waals surface area contributed by atoms with E-state index in [-0.39, 0.29) is 82.7 Å². The second kappa shape index (κ2) is 10.3. The van der Waals surface area contributed by atoms with E-state index >= 15 is 0 Å². The molecule has 1 aromatic heterocycles. The van der Waals surface area contributed by atoms with Gasteiger partial charge in [-0.3, -0.25) is 0 Å². The van der Waals surface area contributed by atoms with Crippen molar-refractivity contribution in [2.45, 2.75) is 76.1 Å². The second-order valence-electron chi connectivity index (χ2n) is 10.6.